The van der Waals surface area contributed by atoms with Gasteiger partial charge in [-0.05, 0) is 32.9 Å². The summed E-state index contributed by atoms with van der Waals surface area (Å²) in [5.74, 6) is 0. The van der Waals surface area contributed by atoms with E-state index in [4.69, 9.17) is 9.47 Å². The van der Waals surface area contributed by atoms with Crippen molar-refractivity contribution < 1.29 is 9.47 Å². The lowest BCUT2D eigenvalue weighted by molar-refractivity contribution is 0.0614. The third kappa shape index (κ3) is 6.36. The van der Waals surface area contributed by atoms with Crippen molar-refractivity contribution in [2.75, 3.05) is 53.6 Å². The predicted molar refractivity (Wildman–Crippen MR) is 70.5 cm³/mol. The van der Waals surface area contributed by atoms with Crippen molar-refractivity contribution >= 4 is 0 Å². The Hall–Kier alpha value is -0.160. The molecule has 1 unspecified atom stereocenters. The minimum absolute atomic E-state index is 0.705. The normalized spacial score (nSPS) is 21.9. The second kappa shape index (κ2) is 9.83. The van der Waals surface area contributed by atoms with E-state index in [0.29, 0.717) is 6.04 Å². The molecule has 1 N–H and O–H groups in total. The number of nitrogens with zero attached hydrogens (tertiary/aromatic N) is 1. The first-order chi connectivity index (χ1) is 8.38. The van der Waals surface area contributed by atoms with Gasteiger partial charge in [0, 0.05) is 39.5 Å². The molecule has 4 heteroatoms. The maximum Gasteiger partial charge on any atom is 0.0593 e. The number of rotatable bonds is 9. The van der Waals surface area contributed by atoms with Crippen LogP contribution in [0.4, 0.5) is 0 Å². The molecule has 1 atom stereocenters. The molecule has 102 valence electrons. The van der Waals surface area contributed by atoms with Crippen LogP contribution < -0.4 is 5.32 Å². The Morgan fingerprint density at radius 3 is 2.88 bits per heavy atom. The fourth-order valence-corrected chi connectivity index (χ4v) is 2.41. The van der Waals surface area contributed by atoms with Gasteiger partial charge >= 0.3 is 0 Å². The Balaban J connectivity index is 2.06. The first-order valence-corrected chi connectivity index (χ1v) is 6.83. The largest absolute Gasteiger partial charge is 0.385 e. The van der Waals surface area contributed by atoms with Crippen LogP contribution in [0.3, 0.4) is 0 Å². The minimum Gasteiger partial charge on any atom is -0.385 e. The number of ether oxygens (including phenoxy) is 2. The van der Waals surface area contributed by atoms with E-state index >= 15 is 0 Å². The van der Waals surface area contributed by atoms with Crippen LogP contribution in [0.2, 0.25) is 0 Å². The Morgan fingerprint density at radius 1 is 1.24 bits per heavy atom. The molecule has 0 aromatic carbocycles. The summed E-state index contributed by atoms with van der Waals surface area (Å²) >= 11 is 0. The molecule has 17 heavy (non-hydrogen) atoms. The topological polar surface area (TPSA) is 33.7 Å². The molecule has 1 saturated heterocycles. The number of nitrogens with one attached hydrogen (secondary N) is 1. The van der Waals surface area contributed by atoms with Crippen LogP contribution in [-0.2, 0) is 9.47 Å². The molecule has 1 fully saturated rings. The van der Waals surface area contributed by atoms with Crippen LogP contribution in [0.1, 0.15) is 25.7 Å². The number of methoxy groups -OCH3 is 1. The van der Waals surface area contributed by atoms with E-state index in [1.165, 1.54) is 25.8 Å². The zero-order valence-electron chi connectivity index (χ0n) is 11.4. The van der Waals surface area contributed by atoms with Crippen LogP contribution >= 0.6 is 0 Å². The summed E-state index contributed by atoms with van der Waals surface area (Å²) in [5, 5.41) is 3.29. The molecule has 1 rings (SSSR count). The van der Waals surface area contributed by atoms with E-state index in [2.05, 4.69) is 10.2 Å². The molecule has 0 aromatic heterocycles. The maximum atomic E-state index is 5.62. The second-order valence-electron chi connectivity index (χ2n) is 4.70. The lowest BCUT2D eigenvalue weighted by Crippen LogP contribution is -2.46. The lowest BCUT2D eigenvalue weighted by atomic mass is 10.0. The van der Waals surface area contributed by atoms with Crippen LogP contribution in [0.5, 0.6) is 0 Å². The van der Waals surface area contributed by atoms with Crippen molar-refractivity contribution in [3.63, 3.8) is 0 Å². The molecule has 0 spiro atoms. The third-order valence-corrected chi connectivity index (χ3v) is 3.35. The maximum absolute atomic E-state index is 5.62. The van der Waals surface area contributed by atoms with Gasteiger partial charge in [0.1, 0.15) is 0 Å². The Bertz CT molecular complexity index is 177. The summed E-state index contributed by atoms with van der Waals surface area (Å²) in [6, 6.07) is 0.705. The van der Waals surface area contributed by atoms with Gasteiger partial charge in [0.15, 0.2) is 0 Å². The zero-order chi connectivity index (χ0) is 12.3. The molecule has 0 aliphatic carbocycles. The molecule has 1 aliphatic rings. The number of likely N-dealkylation sites (tertiary alicyclic amines) is 1. The lowest BCUT2D eigenvalue weighted by Gasteiger charge is -2.35. The van der Waals surface area contributed by atoms with Crippen LogP contribution in [-0.4, -0.2) is 64.6 Å². The van der Waals surface area contributed by atoms with Crippen molar-refractivity contribution in [2.24, 2.45) is 0 Å². The highest BCUT2D eigenvalue weighted by Gasteiger charge is 2.20. The van der Waals surface area contributed by atoms with Crippen LogP contribution in [0.15, 0.2) is 0 Å². The van der Waals surface area contributed by atoms with Crippen molar-refractivity contribution in [3.05, 3.63) is 0 Å². The first-order valence-electron chi connectivity index (χ1n) is 6.83. The molecule has 1 aliphatic heterocycles. The van der Waals surface area contributed by atoms with Gasteiger partial charge in [0.2, 0.25) is 0 Å². The summed E-state index contributed by atoms with van der Waals surface area (Å²) in [7, 11) is 3.77. The smallest absolute Gasteiger partial charge is 0.0593 e. The zero-order valence-corrected chi connectivity index (χ0v) is 11.4. The van der Waals surface area contributed by atoms with Gasteiger partial charge in [0.05, 0.1) is 6.61 Å². The number of likely N-dealkylation sites (N-methyl/N-ethyl adjacent to an activating group) is 1. The molecule has 0 aromatic rings. The van der Waals surface area contributed by atoms with Crippen molar-refractivity contribution in [1.82, 2.24) is 10.2 Å². The highest BCUT2D eigenvalue weighted by atomic mass is 16.5. The summed E-state index contributed by atoms with van der Waals surface area (Å²) in [5.41, 5.74) is 0. The average Bonchev–Trinajstić information content (AvgIpc) is 2.36. The van der Waals surface area contributed by atoms with Crippen molar-refractivity contribution in [1.29, 1.82) is 0 Å². The first kappa shape index (κ1) is 14.9. The van der Waals surface area contributed by atoms with Gasteiger partial charge in [-0.25, -0.2) is 0 Å². The highest BCUT2D eigenvalue weighted by Crippen LogP contribution is 2.15. The molecule has 4 nitrogen and oxygen atoms in total. The van der Waals surface area contributed by atoms with Gasteiger partial charge in [-0.2, -0.15) is 0 Å². The summed E-state index contributed by atoms with van der Waals surface area (Å²) < 4.78 is 10.6. The van der Waals surface area contributed by atoms with E-state index in [-0.39, 0.29) is 0 Å². The van der Waals surface area contributed by atoms with Gasteiger partial charge < -0.3 is 14.8 Å². The monoisotopic (exact) mass is 244 g/mol. The average molecular weight is 244 g/mol. The fourth-order valence-electron chi connectivity index (χ4n) is 2.41. The molecular weight excluding hydrogens is 216 g/mol. The summed E-state index contributed by atoms with van der Waals surface area (Å²) in [6.07, 6.45) is 5.03. The SMILES string of the molecule is CNCC1CCCCN1CCOCCCOC. The van der Waals surface area contributed by atoms with Crippen molar-refractivity contribution in [3.8, 4) is 0 Å². The number of piperidine rings is 1. The summed E-state index contributed by atoms with van der Waals surface area (Å²) in [6.45, 7) is 5.87. The fraction of sp³-hybridized carbons (Fsp3) is 1.00. The Labute approximate surface area is 106 Å². The van der Waals surface area contributed by atoms with Gasteiger partial charge in [0.25, 0.3) is 0 Å². The van der Waals surface area contributed by atoms with Crippen LogP contribution in [0, 0.1) is 0 Å². The predicted octanol–water partition coefficient (Wildman–Crippen LogP) is 1.11. The second-order valence-corrected chi connectivity index (χ2v) is 4.70. The number of hydrogen-bond donors (Lipinski definition) is 1. The van der Waals surface area contributed by atoms with E-state index in [1.807, 2.05) is 7.05 Å². The Kier molecular flexibility index (Phi) is 8.61. The molecule has 1 heterocycles. The highest BCUT2D eigenvalue weighted by molar-refractivity contribution is 4.78. The standard InChI is InChI=1S/C13H28N2O2/c1-14-12-13-6-3-4-7-15(13)8-11-17-10-5-9-16-2/h13-14H,3-12H2,1-2H3. The Morgan fingerprint density at radius 2 is 2.12 bits per heavy atom. The summed E-state index contributed by atoms with van der Waals surface area (Å²) in [4.78, 5) is 2.57. The number of hydrogen-bond acceptors (Lipinski definition) is 4. The van der Waals surface area contributed by atoms with E-state index < -0.39 is 0 Å². The van der Waals surface area contributed by atoms with Gasteiger partial charge in [-0.3, -0.25) is 4.90 Å². The molecule has 0 bridgehead atoms. The van der Waals surface area contributed by atoms with Gasteiger partial charge in [-0.15, -0.1) is 0 Å². The van der Waals surface area contributed by atoms with Gasteiger partial charge in [-0.1, -0.05) is 6.42 Å². The van der Waals surface area contributed by atoms with E-state index in [9.17, 15) is 0 Å². The van der Waals surface area contributed by atoms with E-state index in [1.54, 1.807) is 7.11 Å². The minimum atomic E-state index is 0.705. The van der Waals surface area contributed by atoms with Crippen molar-refractivity contribution in [2.45, 2.75) is 31.7 Å². The molecule has 0 saturated carbocycles. The van der Waals surface area contributed by atoms with E-state index in [0.717, 1.165) is 39.3 Å². The molecule has 0 radical (unpaired) electrons. The molecular formula is C13H28N2O2. The third-order valence-electron chi connectivity index (χ3n) is 3.35. The molecule has 0 amide bonds. The quantitative estimate of drug-likeness (QED) is 0.616. The van der Waals surface area contributed by atoms with Crippen LogP contribution in [0.25, 0.3) is 0 Å².